The summed E-state index contributed by atoms with van der Waals surface area (Å²) in [6, 6.07) is 0.209. The van der Waals surface area contributed by atoms with Gasteiger partial charge in [-0.15, -0.1) is 0 Å². The first-order chi connectivity index (χ1) is 8.63. The van der Waals surface area contributed by atoms with E-state index in [2.05, 4.69) is 17.6 Å². The maximum Gasteiger partial charge on any atom is 0.315 e. The van der Waals surface area contributed by atoms with Crippen molar-refractivity contribution < 1.29 is 9.90 Å². The van der Waals surface area contributed by atoms with E-state index >= 15 is 0 Å². The lowest BCUT2D eigenvalue weighted by molar-refractivity contribution is -0.0291. The van der Waals surface area contributed by atoms with E-state index in [0.717, 1.165) is 32.1 Å². The first kappa shape index (κ1) is 13.7. The largest absolute Gasteiger partial charge is 0.388 e. The Morgan fingerprint density at radius 3 is 2.61 bits per heavy atom. The molecule has 0 aliphatic heterocycles. The van der Waals surface area contributed by atoms with Gasteiger partial charge in [0, 0.05) is 12.6 Å². The van der Waals surface area contributed by atoms with Gasteiger partial charge in [0.15, 0.2) is 0 Å². The topological polar surface area (TPSA) is 61.4 Å². The van der Waals surface area contributed by atoms with Crippen LogP contribution in [-0.2, 0) is 0 Å². The molecule has 0 heterocycles. The fourth-order valence-electron chi connectivity index (χ4n) is 3.11. The predicted octanol–water partition coefficient (Wildman–Crippen LogP) is 2.17. The first-order valence-electron chi connectivity index (χ1n) is 7.40. The molecule has 2 unspecified atom stereocenters. The third-order valence-corrected chi connectivity index (χ3v) is 4.61. The van der Waals surface area contributed by atoms with Crippen LogP contribution < -0.4 is 10.6 Å². The van der Waals surface area contributed by atoms with Crippen molar-refractivity contribution in [2.45, 2.75) is 69.9 Å². The van der Waals surface area contributed by atoms with Crippen LogP contribution in [0.2, 0.25) is 0 Å². The Bertz CT molecular complexity index is 290. The second kappa shape index (κ2) is 5.91. The van der Waals surface area contributed by atoms with Crippen molar-refractivity contribution in [3.8, 4) is 0 Å². The second-order valence-electron chi connectivity index (χ2n) is 5.96. The van der Waals surface area contributed by atoms with Crippen molar-refractivity contribution in [1.29, 1.82) is 0 Å². The zero-order valence-electron chi connectivity index (χ0n) is 11.4. The van der Waals surface area contributed by atoms with Crippen LogP contribution in [0.3, 0.4) is 0 Å². The highest BCUT2D eigenvalue weighted by Crippen LogP contribution is 2.30. The fraction of sp³-hybridized carbons (Fsp3) is 0.929. The summed E-state index contributed by atoms with van der Waals surface area (Å²) in [6.07, 6.45) is 8.66. The maximum atomic E-state index is 11.8. The Morgan fingerprint density at radius 1 is 1.28 bits per heavy atom. The average Bonchev–Trinajstić information content (AvgIpc) is 2.35. The quantitative estimate of drug-likeness (QED) is 0.720. The van der Waals surface area contributed by atoms with Gasteiger partial charge >= 0.3 is 6.03 Å². The van der Waals surface area contributed by atoms with E-state index in [1.165, 1.54) is 19.3 Å². The smallest absolute Gasteiger partial charge is 0.315 e. The molecule has 0 aromatic rings. The Kier molecular flexibility index (Phi) is 4.49. The molecule has 4 nitrogen and oxygen atoms in total. The molecule has 2 fully saturated rings. The summed E-state index contributed by atoms with van der Waals surface area (Å²) >= 11 is 0. The van der Waals surface area contributed by atoms with E-state index in [0.29, 0.717) is 18.5 Å². The lowest BCUT2D eigenvalue weighted by Crippen LogP contribution is -2.53. The van der Waals surface area contributed by atoms with E-state index in [9.17, 15) is 9.90 Å². The Morgan fingerprint density at radius 2 is 2.00 bits per heavy atom. The van der Waals surface area contributed by atoms with Gasteiger partial charge in [0.25, 0.3) is 0 Å². The highest BCUT2D eigenvalue weighted by Gasteiger charge is 2.34. The molecule has 2 rings (SSSR count). The summed E-state index contributed by atoms with van der Waals surface area (Å²) in [5.41, 5.74) is -0.631. The molecule has 4 heteroatoms. The number of hydrogen-bond donors (Lipinski definition) is 3. The van der Waals surface area contributed by atoms with Crippen molar-refractivity contribution in [1.82, 2.24) is 10.6 Å². The molecule has 0 radical (unpaired) electrons. The molecule has 2 atom stereocenters. The molecule has 0 saturated heterocycles. The van der Waals surface area contributed by atoms with Crippen LogP contribution in [0.15, 0.2) is 0 Å². The van der Waals surface area contributed by atoms with Crippen LogP contribution in [0.25, 0.3) is 0 Å². The van der Waals surface area contributed by atoms with E-state index in [-0.39, 0.29) is 6.03 Å². The number of nitrogens with one attached hydrogen (secondary N) is 2. The molecule has 2 aliphatic carbocycles. The predicted molar refractivity (Wildman–Crippen MR) is 71.4 cm³/mol. The van der Waals surface area contributed by atoms with E-state index < -0.39 is 5.60 Å². The molecule has 2 saturated carbocycles. The van der Waals surface area contributed by atoms with Crippen LogP contribution >= 0.6 is 0 Å². The molecule has 0 aromatic heterocycles. The summed E-state index contributed by atoms with van der Waals surface area (Å²) in [4.78, 5) is 11.8. The van der Waals surface area contributed by atoms with Crippen LogP contribution in [0.5, 0.6) is 0 Å². The average molecular weight is 254 g/mol. The van der Waals surface area contributed by atoms with Gasteiger partial charge < -0.3 is 15.7 Å². The van der Waals surface area contributed by atoms with E-state index in [4.69, 9.17) is 0 Å². The number of carbonyl (C=O) groups excluding carboxylic acids is 1. The van der Waals surface area contributed by atoms with Gasteiger partial charge in [0.1, 0.15) is 0 Å². The van der Waals surface area contributed by atoms with Gasteiger partial charge in [0.05, 0.1) is 5.60 Å². The third-order valence-electron chi connectivity index (χ3n) is 4.61. The van der Waals surface area contributed by atoms with Crippen molar-refractivity contribution in [3.05, 3.63) is 0 Å². The van der Waals surface area contributed by atoms with Gasteiger partial charge in [-0.25, -0.2) is 4.79 Å². The molecule has 18 heavy (non-hydrogen) atoms. The molecule has 0 aromatic carbocycles. The molecule has 2 aliphatic rings. The van der Waals surface area contributed by atoms with Crippen molar-refractivity contribution in [2.24, 2.45) is 5.92 Å². The molecular formula is C14H26N2O2. The first-order valence-corrected chi connectivity index (χ1v) is 7.40. The fourth-order valence-corrected chi connectivity index (χ4v) is 3.11. The molecule has 0 spiro atoms. The van der Waals surface area contributed by atoms with Crippen LogP contribution in [-0.4, -0.2) is 29.3 Å². The van der Waals surface area contributed by atoms with Gasteiger partial charge in [-0.3, -0.25) is 0 Å². The monoisotopic (exact) mass is 254 g/mol. The zero-order valence-corrected chi connectivity index (χ0v) is 11.4. The number of aliphatic hydroxyl groups is 1. The number of rotatable bonds is 4. The Labute approximate surface area is 110 Å². The Balaban J connectivity index is 1.72. The normalized spacial score (nSPS) is 30.3. The molecular weight excluding hydrogens is 228 g/mol. The Hall–Kier alpha value is -0.770. The van der Waals surface area contributed by atoms with Gasteiger partial charge in [-0.2, -0.15) is 0 Å². The van der Waals surface area contributed by atoms with Crippen LogP contribution in [0.1, 0.15) is 58.3 Å². The van der Waals surface area contributed by atoms with Crippen molar-refractivity contribution in [2.75, 3.05) is 6.54 Å². The summed E-state index contributed by atoms with van der Waals surface area (Å²) in [5.74, 6) is 0.622. The standard InChI is InChI=1S/C14H26N2O2/c1-2-11-6-3-4-7-12(11)16-13(17)15-10-14(18)8-5-9-14/h11-12,18H,2-10H2,1H3,(H2,15,16,17). The highest BCUT2D eigenvalue weighted by molar-refractivity contribution is 5.74. The molecule has 0 bridgehead atoms. The minimum atomic E-state index is -0.631. The van der Waals surface area contributed by atoms with Crippen molar-refractivity contribution >= 4 is 6.03 Å². The molecule has 2 amide bonds. The van der Waals surface area contributed by atoms with Crippen LogP contribution in [0.4, 0.5) is 4.79 Å². The zero-order chi connectivity index (χ0) is 13.0. The maximum absolute atomic E-state index is 11.8. The lowest BCUT2D eigenvalue weighted by Gasteiger charge is -2.37. The lowest BCUT2D eigenvalue weighted by atomic mass is 9.80. The summed E-state index contributed by atoms with van der Waals surface area (Å²) in [7, 11) is 0. The second-order valence-corrected chi connectivity index (χ2v) is 5.96. The van der Waals surface area contributed by atoms with Crippen LogP contribution in [0, 0.1) is 5.92 Å². The minimum Gasteiger partial charge on any atom is -0.388 e. The molecule has 104 valence electrons. The molecule has 3 N–H and O–H groups in total. The third kappa shape index (κ3) is 3.37. The van der Waals surface area contributed by atoms with E-state index in [1.807, 2.05) is 0 Å². The number of amides is 2. The van der Waals surface area contributed by atoms with Crippen molar-refractivity contribution in [3.63, 3.8) is 0 Å². The summed E-state index contributed by atoms with van der Waals surface area (Å²) in [5, 5.41) is 15.8. The summed E-state index contributed by atoms with van der Waals surface area (Å²) < 4.78 is 0. The van der Waals surface area contributed by atoms with E-state index in [1.54, 1.807) is 0 Å². The SMILES string of the molecule is CCC1CCCCC1NC(=O)NCC1(O)CCC1. The highest BCUT2D eigenvalue weighted by atomic mass is 16.3. The number of carbonyl (C=O) groups is 1. The number of hydrogen-bond acceptors (Lipinski definition) is 2. The van der Waals surface area contributed by atoms with Gasteiger partial charge in [-0.05, 0) is 38.0 Å². The summed E-state index contributed by atoms with van der Waals surface area (Å²) in [6.45, 7) is 2.59. The minimum absolute atomic E-state index is 0.110. The van der Waals surface area contributed by atoms with Gasteiger partial charge in [-0.1, -0.05) is 26.2 Å². The van der Waals surface area contributed by atoms with Gasteiger partial charge in [0.2, 0.25) is 0 Å². The number of urea groups is 1.